The van der Waals surface area contributed by atoms with Crippen LogP contribution in [0.15, 0.2) is 36.5 Å². The van der Waals surface area contributed by atoms with Gasteiger partial charge in [-0.25, -0.2) is 0 Å². The number of aromatic nitrogens is 1. The van der Waals surface area contributed by atoms with Gasteiger partial charge in [-0.05, 0) is 12.1 Å². The number of anilines is 1. The molecule has 1 aromatic heterocycles. The van der Waals surface area contributed by atoms with E-state index in [0.29, 0.717) is 19.8 Å². The van der Waals surface area contributed by atoms with Crippen LogP contribution >= 0.6 is 0 Å². The van der Waals surface area contributed by atoms with Gasteiger partial charge in [-0.2, -0.15) is 0 Å². The predicted octanol–water partition coefficient (Wildman–Crippen LogP) is 1.86. The van der Waals surface area contributed by atoms with Crippen LogP contribution in [0.4, 0.5) is 5.69 Å². The Bertz CT molecular complexity index is 727. The molecule has 2 atom stereocenters. The van der Waals surface area contributed by atoms with Crippen molar-refractivity contribution in [2.24, 2.45) is 11.3 Å². The number of carbonyl (C=O) groups is 1. The quantitative estimate of drug-likeness (QED) is 0.792. The van der Waals surface area contributed by atoms with Crippen molar-refractivity contribution in [1.82, 2.24) is 4.98 Å². The molecule has 4 rings (SSSR count). The van der Waals surface area contributed by atoms with Crippen molar-refractivity contribution in [3.8, 4) is 0 Å². The molecule has 114 valence electrons. The lowest BCUT2D eigenvalue weighted by atomic mass is 9.81. The molecule has 2 fully saturated rings. The minimum absolute atomic E-state index is 0.157. The number of carbonyl (C=O) groups excluding carboxylic acids is 1. The number of hydrogen-bond donors (Lipinski definition) is 0. The second-order valence-corrected chi connectivity index (χ2v) is 6.09. The van der Waals surface area contributed by atoms with E-state index < -0.39 is 5.41 Å². The Labute approximate surface area is 128 Å². The normalized spacial score (nSPS) is 27.1. The highest BCUT2D eigenvalue weighted by Crippen LogP contribution is 2.44. The van der Waals surface area contributed by atoms with Gasteiger partial charge in [-0.3, -0.25) is 9.78 Å². The van der Waals surface area contributed by atoms with E-state index in [1.807, 2.05) is 30.5 Å². The lowest BCUT2D eigenvalue weighted by Crippen LogP contribution is -2.40. The molecule has 0 unspecified atom stereocenters. The molecule has 0 amide bonds. The van der Waals surface area contributed by atoms with Gasteiger partial charge < -0.3 is 14.4 Å². The number of benzene rings is 1. The monoisotopic (exact) mass is 298 g/mol. The van der Waals surface area contributed by atoms with Gasteiger partial charge in [0, 0.05) is 36.3 Å². The zero-order chi connectivity index (χ0) is 15.2. The second-order valence-electron chi connectivity index (χ2n) is 6.09. The fourth-order valence-electron chi connectivity index (χ4n) is 3.77. The van der Waals surface area contributed by atoms with E-state index in [-0.39, 0.29) is 11.9 Å². The molecule has 0 spiro atoms. The molecule has 5 nitrogen and oxygen atoms in total. The summed E-state index contributed by atoms with van der Waals surface area (Å²) in [6.45, 7) is 2.51. The summed E-state index contributed by atoms with van der Waals surface area (Å²) in [5.41, 5.74) is 1.57. The molecule has 22 heavy (non-hydrogen) atoms. The highest BCUT2D eigenvalue weighted by molar-refractivity contribution is 5.92. The van der Waals surface area contributed by atoms with E-state index in [9.17, 15) is 4.79 Å². The number of fused-ring (bicyclic) bond motifs is 2. The van der Waals surface area contributed by atoms with Crippen LogP contribution in [0.3, 0.4) is 0 Å². The molecule has 0 saturated carbocycles. The molecule has 2 saturated heterocycles. The van der Waals surface area contributed by atoms with Crippen LogP contribution in [-0.2, 0) is 14.3 Å². The summed E-state index contributed by atoms with van der Waals surface area (Å²) in [5, 5.41) is 1.12. The van der Waals surface area contributed by atoms with Gasteiger partial charge in [-0.15, -0.1) is 0 Å². The molecule has 5 heteroatoms. The van der Waals surface area contributed by atoms with Crippen molar-refractivity contribution in [1.29, 1.82) is 0 Å². The van der Waals surface area contributed by atoms with Gasteiger partial charge in [0.1, 0.15) is 5.41 Å². The fraction of sp³-hybridized carbons (Fsp3) is 0.412. The molecular formula is C17H18N2O3. The maximum atomic E-state index is 12.3. The summed E-state index contributed by atoms with van der Waals surface area (Å²) < 4.78 is 10.6. The maximum Gasteiger partial charge on any atom is 0.316 e. The zero-order valence-corrected chi connectivity index (χ0v) is 12.5. The van der Waals surface area contributed by atoms with Crippen molar-refractivity contribution < 1.29 is 14.3 Å². The van der Waals surface area contributed by atoms with E-state index in [0.717, 1.165) is 23.1 Å². The third kappa shape index (κ3) is 1.82. The van der Waals surface area contributed by atoms with Crippen LogP contribution < -0.4 is 4.90 Å². The Morgan fingerprint density at radius 2 is 2.27 bits per heavy atom. The third-order valence-electron chi connectivity index (χ3n) is 4.93. The molecule has 2 aliphatic heterocycles. The molecule has 0 radical (unpaired) electrons. The number of rotatable bonds is 2. The summed E-state index contributed by atoms with van der Waals surface area (Å²) in [4.78, 5) is 19.0. The average Bonchev–Trinajstić information content (AvgIpc) is 3.11. The number of ether oxygens (including phenoxy) is 2. The molecule has 0 aliphatic carbocycles. The highest BCUT2D eigenvalue weighted by atomic mass is 16.5. The van der Waals surface area contributed by atoms with E-state index in [4.69, 9.17) is 9.47 Å². The van der Waals surface area contributed by atoms with Crippen LogP contribution in [0.25, 0.3) is 10.9 Å². The Balaban J connectivity index is 1.74. The van der Waals surface area contributed by atoms with Gasteiger partial charge in [-0.1, -0.05) is 18.2 Å². The number of pyridine rings is 1. The fourth-order valence-corrected chi connectivity index (χ4v) is 3.77. The molecule has 3 heterocycles. The molecular weight excluding hydrogens is 280 g/mol. The Morgan fingerprint density at radius 3 is 3.14 bits per heavy atom. The first-order valence-corrected chi connectivity index (χ1v) is 7.49. The summed E-state index contributed by atoms with van der Waals surface area (Å²) in [6.07, 6.45) is 1.83. The Hall–Kier alpha value is -2.14. The number of nitrogens with zero attached hydrogens (tertiary/aromatic N) is 2. The van der Waals surface area contributed by atoms with Crippen LogP contribution in [0.2, 0.25) is 0 Å². The molecule has 0 N–H and O–H groups in total. The Morgan fingerprint density at radius 1 is 1.41 bits per heavy atom. The predicted molar refractivity (Wildman–Crippen MR) is 82.7 cm³/mol. The summed E-state index contributed by atoms with van der Waals surface area (Å²) in [5.74, 6) is 0.0303. The maximum absolute atomic E-state index is 12.3. The van der Waals surface area contributed by atoms with Crippen LogP contribution in [-0.4, -0.2) is 44.4 Å². The van der Waals surface area contributed by atoms with Crippen molar-refractivity contribution in [2.75, 3.05) is 38.3 Å². The van der Waals surface area contributed by atoms with E-state index in [1.165, 1.54) is 7.11 Å². The van der Waals surface area contributed by atoms with Gasteiger partial charge in [0.2, 0.25) is 0 Å². The summed E-state index contributed by atoms with van der Waals surface area (Å²) >= 11 is 0. The molecule has 2 aliphatic rings. The molecule has 0 bridgehead atoms. The van der Waals surface area contributed by atoms with E-state index >= 15 is 0 Å². The van der Waals surface area contributed by atoms with Gasteiger partial charge in [0.25, 0.3) is 0 Å². The minimum atomic E-state index is -0.529. The molecule has 2 aromatic rings. The first-order valence-electron chi connectivity index (χ1n) is 7.49. The smallest absolute Gasteiger partial charge is 0.316 e. The zero-order valence-electron chi connectivity index (χ0n) is 12.5. The number of para-hydroxylation sites is 1. The standard InChI is InChI=1S/C17H18N2O3/c1-21-16(20)17-10-19(8-12(17)9-22-11-17)15-6-7-18-14-5-3-2-4-13(14)15/h2-7,12H,8-11H2,1H3/t12-,17-/m0/s1. The van der Waals surface area contributed by atoms with Crippen LogP contribution in [0.1, 0.15) is 0 Å². The first-order chi connectivity index (χ1) is 10.7. The lowest BCUT2D eigenvalue weighted by molar-refractivity contribution is -0.152. The first kappa shape index (κ1) is 13.5. The van der Waals surface area contributed by atoms with Gasteiger partial charge in [0.15, 0.2) is 0 Å². The number of esters is 1. The number of methoxy groups -OCH3 is 1. The third-order valence-corrected chi connectivity index (χ3v) is 4.93. The topological polar surface area (TPSA) is 51.7 Å². The average molecular weight is 298 g/mol. The second kappa shape index (κ2) is 4.95. The summed E-state index contributed by atoms with van der Waals surface area (Å²) in [6, 6.07) is 10.1. The van der Waals surface area contributed by atoms with Gasteiger partial charge in [0.05, 0.1) is 25.8 Å². The SMILES string of the molecule is COC(=O)[C@@]12COC[C@@H]1CN(c1ccnc3ccccc13)C2. The number of hydrogen-bond acceptors (Lipinski definition) is 5. The largest absolute Gasteiger partial charge is 0.468 e. The van der Waals surface area contributed by atoms with Crippen molar-refractivity contribution in [2.45, 2.75) is 0 Å². The van der Waals surface area contributed by atoms with Crippen molar-refractivity contribution in [3.05, 3.63) is 36.5 Å². The van der Waals surface area contributed by atoms with Crippen LogP contribution in [0.5, 0.6) is 0 Å². The highest BCUT2D eigenvalue weighted by Gasteiger charge is 2.57. The minimum Gasteiger partial charge on any atom is -0.468 e. The lowest BCUT2D eigenvalue weighted by Gasteiger charge is -2.25. The van der Waals surface area contributed by atoms with Crippen molar-refractivity contribution >= 4 is 22.6 Å². The van der Waals surface area contributed by atoms with Gasteiger partial charge >= 0.3 is 5.97 Å². The summed E-state index contributed by atoms with van der Waals surface area (Å²) in [7, 11) is 1.46. The van der Waals surface area contributed by atoms with E-state index in [2.05, 4.69) is 16.0 Å². The van der Waals surface area contributed by atoms with E-state index in [1.54, 1.807) is 0 Å². The van der Waals surface area contributed by atoms with Crippen LogP contribution in [0, 0.1) is 11.3 Å². The van der Waals surface area contributed by atoms with Crippen molar-refractivity contribution in [3.63, 3.8) is 0 Å². The molecule has 1 aromatic carbocycles. The Kier molecular flexibility index (Phi) is 3.04.